The van der Waals surface area contributed by atoms with Crippen molar-refractivity contribution in [2.75, 3.05) is 18.5 Å². The number of benzene rings is 2. The van der Waals surface area contributed by atoms with Crippen molar-refractivity contribution in [1.29, 1.82) is 0 Å². The lowest BCUT2D eigenvalue weighted by Crippen LogP contribution is -2.26. The zero-order valence-electron chi connectivity index (χ0n) is 15.5. The molecule has 0 radical (unpaired) electrons. The van der Waals surface area contributed by atoms with E-state index in [0.717, 1.165) is 17.0 Å². The molecule has 3 rings (SSSR count). The second-order valence-corrected chi connectivity index (χ2v) is 6.46. The molecule has 1 heterocycles. The van der Waals surface area contributed by atoms with E-state index in [4.69, 9.17) is 16.3 Å². The van der Waals surface area contributed by atoms with Crippen LogP contribution in [0.3, 0.4) is 0 Å². The summed E-state index contributed by atoms with van der Waals surface area (Å²) in [5, 5.41) is 14.7. The molecule has 2 N–H and O–H groups in total. The Morgan fingerprint density at radius 1 is 1.07 bits per heavy atom. The lowest BCUT2D eigenvalue weighted by atomic mass is 10.1. The van der Waals surface area contributed by atoms with Gasteiger partial charge >= 0.3 is 0 Å². The van der Waals surface area contributed by atoms with E-state index in [1.165, 1.54) is 0 Å². The maximum absolute atomic E-state index is 12.2. The fraction of sp³-hybridized carbons (Fsp3) is 0.190. The molecule has 3 aromatic rings. The Morgan fingerprint density at radius 2 is 1.89 bits per heavy atom. The minimum atomic E-state index is -0.262. The van der Waals surface area contributed by atoms with Crippen molar-refractivity contribution < 1.29 is 9.53 Å². The largest absolute Gasteiger partial charge is 0.494 e. The zero-order valence-corrected chi connectivity index (χ0v) is 16.2. The zero-order chi connectivity index (χ0) is 19.8. The van der Waals surface area contributed by atoms with Gasteiger partial charge in [0.2, 0.25) is 0 Å². The van der Waals surface area contributed by atoms with Gasteiger partial charge in [-0.05, 0) is 67.4 Å². The molecule has 1 aromatic heterocycles. The molecular formula is C21H21ClN4O2. The van der Waals surface area contributed by atoms with Crippen molar-refractivity contribution in [2.24, 2.45) is 0 Å². The lowest BCUT2D eigenvalue weighted by molar-refractivity contribution is 0.0948. The van der Waals surface area contributed by atoms with Crippen molar-refractivity contribution in [1.82, 2.24) is 15.5 Å². The second-order valence-electron chi connectivity index (χ2n) is 6.02. The van der Waals surface area contributed by atoms with Gasteiger partial charge in [0.15, 0.2) is 11.5 Å². The third-order valence-electron chi connectivity index (χ3n) is 3.92. The number of hydrogen-bond donors (Lipinski definition) is 2. The molecule has 6 nitrogen and oxygen atoms in total. The molecule has 0 bridgehead atoms. The molecule has 0 unspecified atom stereocenters. The van der Waals surface area contributed by atoms with E-state index in [9.17, 15) is 4.79 Å². The first-order valence-corrected chi connectivity index (χ1v) is 9.38. The summed E-state index contributed by atoms with van der Waals surface area (Å²) in [6, 6.07) is 18.5. The average Bonchev–Trinajstić information content (AvgIpc) is 2.70. The van der Waals surface area contributed by atoms with Crippen LogP contribution in [-0.4, -0.2) is 29.3 Å². The topological polar surface area (TPSA) is 76.1 Å². The number of aromatic nitrogens is 2. The maximum Gasteiger partial charge on any atom is 0.271 e. The van der Waals surface area contributed by atoms with Crippen LogP contribution in [0.1, 0.15) is 23.0 Å². The number of nitrogens with one attached hydrogen (secondary N) is 2. The van der Waals surface area contributed by atoms with Crippen LogP contribution < -0.4 is 15.4 Å². The number of carbonyl (C=O) groups is 1. The average molecular weight is 397 g/mol. The summed E-state index contributed by atoms with van der Waals surface area (Å²) in [6.07, 6.45) is 0.692. The summed E-state index contributed by atoms with van der Waals surface area (Å²) in [5.74, 6) is 1.10. The summed E-state index contributed by atoms with van der Waals surface area (Å²) in [4.78, 5) is 12.2. The van der Waals surface area contributed by atoms with Crippen molar-refractivity contribution in [3.8, 4) is 5.75 Å². The molecular weight excluding hydrogens is 376 g/mol. The van der Waals surface area contributed by atoms with Gasteiger partial charge in [-0.15, -0.1) is 10.2 Å². The number of anilines is 2. The first kappa shape index (κ1) is 19.6. The Morgan fingerprint density at radius 3 is 2.57 bits per heavy atom. The summed E-state index contributed by atoms with van der Waals surface area (Å²) in [5.41, 5.74) is 2.19. The highest BCUT2D eigenvalue weighted by molar-refractivity contribution is 6.30. The van der Waals surface area contributed by atoms with Crippen LogP contribution >= 0.6 is 11.6 Å². The molecule has 0 saturated heterocycles. The predicted molar refractivity (Wildman–Crippen MR) is 110 cm³/mol. The smallest absolute Gasteiger partial charge is 0.271 e. The molecule has 28 heavy (non-hydrogen) atoms. The van der Waals surface area contributed by atoms with Crippen LogP contribution in [0.2, 0.25) is 5.02 Å². The molecule has 2 aromatic carbocycles. The van der Waals surface area contributed by atoms with Gasteiger partial charge in [-0.3, -0.25) is 4.79 Å². The van der Waals surface area contributed by atoms with Crippen LogP contribution in [0.5, 0.6) is 5.75 Å². The number of ether oxygens (including phenoxy) is 1. The number of halogens is 1. The van der Waals surface area contributed by atoms with Gasteiger partial charge in [0.05, 0.1) is 6.61 Å². The highest BCUT2D eigenvalue weighted by Gasteiger charge is 2.08. The van der Waals surface area contributed by atoms with Crippen LogP contribution in [0.15, 0.2) is 60.7 Å². The standard InChI is InChI=1S/C21H21ClN4O2/c1-2-28-18-8-6-17(7-9-18)24-20-11-10-19(25-26-20)21(27)23-13-12-15-4-3-5-16(22)14-15/h3-11,14H,2,12-13H2,1H3,(H,23,27)(H,24,26). The Hall–Kier alpha value is -3.12. The van der Waals surface area contributed by atoms with E-state index in [2.05, 4.69) is 20.8 Å². The van der Waals surface area contributed by atoms with E-state index in [1.807, 2.05) is 55.5 Å². The van der Waals surface area contributed by atoms with Crippen LogP contribution in [0.25, 0.3) is 0 Å². The minimum absolute atomic E-state index is 0.262. The van der Waals surface area contributed by atoms with Crippen LogP contribution in [-0.2, 0) is 6.42 Å². The maximum atomic E-state index is 12.2. The molecule has 0 fully saturated rings. The Labute approximate surface area is 168 Å². The number of rotatable bonds is 8. The predicted octanol–water partition coefficient (Wildman–Crippen LogP) is 4.24. The van der Waals surface area contributed by atoms with Gasteiger partial charge in [-0.1, -0.05) is 23.7 Å². The summed E-state index contributed by atoms with van der Waals surface area (Å²) < 4.78 is 5.41. The third-order valence-corrected chi connectivity index (χ3v) is 4.16. The third kappa shape index (κ3) is 5.69. The molecule has 0 aliphatic carbocycles. The van der Waals surface area contributed by atoms with Gasteiger partial charge in [0, 0.05) is 17.3 Å². The summed E-state index contributed by atoms with van der Waals surface area (Å²) >= 11 is 5.96. The number of carbonyl (C=O) groups excluding carboxylic acids is 1. The summed E-state index contributed by atoms with van der Waals surface area (Å²) in [7, 11) is 0. The van der Waals surface area contributed by atoms with E-state index in [-0.39, 0.29) is 11.6 Å². The van der Waals surface area contributed by atoms with Crippen molar-refractivity contribution in [3.05, 3.63) is 76.9 Å². The summed E-state index contributed by atoms with van der Waals surface area (Å²) in [6.45, 7) is 3.06. The SMILES string of the molecule is CCOc1ccc(Nc2ccc(C(=O)NCCc3cccc(Cl)c3)nn2)cc1. The number of hydrogen-bond acceptors (Lipinski definition) is 5. The fourth-order valence-electron chi connectivity index (χ4n) is 2.57. The monoisotopic (exact) mass is 396 g/mol. The van der Waals surface area contributed by atoms with Crippen molar-refractivity contribution in [2.45, 2.75) is 13.3 Å². The van der Waals surface area contributed by atoms with E-state index in [1.54, 1.807) is 12.1 Å². The molecule has 0 atom stereocenters. The van der Waals surface area contributed by atoms with Gasteiger partial charge in [0.1, 0.15) is 5.75 Å². The number of amides is 1. The lowest BCUT2D eigenvalue weighted by Gasteiger charge is -2.08. The molecule has 0 spiro atoms. The molecule has 0 aliphatic heterocycles. The highest BCUT2D eigenvalue weighted by Crippen LogP contribution is 2.18. The van der Waals surface area contributed by atoms with Crippen LogP contribution in [0.4, 0.5) is 11.5 Å². The Kier molecular flexibility index (Phi) is 6.81. The molecule has 7 heteroatoms. The van der Waals surface area contributed by atoms with E-state index in [0.29, 0.717) is 30.4 Å². The fourth-order valence-corrected chi connectivity index (χ4v) is 2.79. The Balaban J connectivity index is 1.50. The highest BCUT2D eigenvalue weighted by atomic mass is 35.5. The van der Waals surface area contributed by atoms with E-state index < -0.39 is 0 Å². The first-order valence-electron chi connectivity index (χ1n) is 9.00. The van der Waals surface area contributed by atoms with Gasteiger partial charge < -0.3 is 15.4 Å². The normalized spacial score (nSPS) is 10.4. The Bertz CT molecular complexity index is 914. The van der Waals surface area contributed by atoms with Gasteiger partial charge in [-0.25, -0.2) is 0 Å². The van der Waals surface area contributed by atoms with Crippen LogP contribution in [0, 0.1) is 0 Å². The first-order chi connectivity index (χ1) is 13.6. The van der Waals surface area contributed by atoms with Gasteiger partial charge in [-0.2, -0.15) is 0 Å². The van der Waals surface area contributed by atoms with Crippen molar-refractivity contribution >= 4 is 29.0 Å². The molecule has 0 aliphatic rings. The molecule has 1 amide bonds. The number of nitrogens with zero attached hydrogens (tertiary/aromatic N) is 2. The van der Waals surface area contributed by atoms with Gasteiger partial charge in [0.25, 0.3) is 5.91 Å². The van der Waals surface area contributed by atoms with Crippen molar-refractivity contribution in [3.63, 3.8) is 0 Å². The quantitative estimate of drug-likeness (QED) is 0.595. The van der Waals surface area contributed by atoms with E-state index >= 15 is 0 Å². The minimum Gasteiger partial charge on any atom is -0.494 e. The molecule has 144 valence electrons. The second kappa shape index (κ2) is 9.71. The molecule has 0 saturated carbocycles.